The molecule has 28 heavy (non-hydrogen) atoms. The molecule has 0 aliphatic rings. The van der Waals surface area contributed by atoms with Crippen LogP contribution in [-0.2, 0) is 4.79 Å². The van der Waals surface area contributed by atoms with Gasteiger partial charge in [0.2, 0.25) is 0 Å². The summed E-state index contributed by atoms with van der Waals surface area (Å²) in [6, 6.07) is 25.5. The van der Waals surface area contributed by atoms with Crippen LogP contribution in [0, 0.1) is 0 Å². The van der Waals surface area contributed by atoms with Crippen LogP contribution in [0.15, 0.2) is 94.7 Å². The summed E-state index contributed by atoms with van der Waals surface area (Å²) in [6.45, 7) is 0. The number of halogens is 3. The molecule has 0 saturated heterocycles. The molecule has 7 heteroatoms. The van der Waals surface area contributed by atoms with Crippen molar-refractivity contribution in [2.75, 3.05) is 0 Å². The van der Waals surface area contributed by atoms with E-state index in [-0.39, 0.29) is 11.3 Å². The molecule has 0 aromatic heterocycles. The van der Waals surface area contributed by atoms with Crippen LogP contribution in [0.4, 0.5) is 13.2 Å². The molecule has 0 fully saturated rings. The fraction of sp³-hybridized carbons (Fsp3) is 0.0476. The maximum absolute atomic E-state index is 11.7. The Labute approximate surface area is 164 Å². The van der Waals surface area contributed by atoms with Gasteiger partial charge < -0.3 is 4.74 Å². The van der Waals surface area contributed by atoms with Crippen molar-refractivity contribution >= 4 is 24.0 Å². The van der Waals surface area contributed by atoms with E-state index in [1.165, 1.54) is 21.9 Å². The first-order valence-electron chi connectivity index (χ1n) is 8.00. The van der Waals surface area contributed by atoms with E-state index in [0.29, 0.717) is 6.29 Å². The highest BCUT2D eigenvalue weighted by Gasteiger charge is 2.41. The van der Waals surface area contributed by atoms with Crippen LogP contribution in [0.3, 0.4) is 0 Å². The number of aldehydes is 1. The number of ether oxygens (including phenoxy) is 1. The molecule has 0 unspecified atom stereocenters. The lowest BCUT2D eigenvalue weighted by molar-refractivity contribution is -0.189. The summed E-state index contributed by atoms with van der Waals surface area (Å²) < 4.78 is 39.2. The zero-order valence-electron chi connectivity index (χ0n) is 14.4. The van der Waals surface area contributed by atoms with Crippen molar-refractivity contribution in [3.8, 4) is 5.75 Å². The third-order valence-electron chi connectivity index (χ3n) is 3.18. The van der Waals surface area contributed by atoms with Gasteiger partial charge in [0.25, 0.3) is 0 Å². The maximum atomic E-state index is 11.7. The molecule has 3 nitrogen and oxygen atoms in total. The van der Waals surface area contributed by atoms with Crippen molar-refractivity contribution in [2.24, 2.45) is 0 Å². The number of esters is 1. The average Bonchev–Trinajstić information content (AvgIpc) is 2.70. The molecule has 0 saturated carbocycles. The standard InChI is InChI=1S/C12H10S.C9H5F3O3/c1-3-7-11(8-4-1)13-12-9-5-2-6-10-12;10-9(11,12)8(14)15-7-3-1-6(5-13)2-4-7/h1-10H;1-5H. The van der Waals surface area contributed by atoms with Gasteiger partial charge in [0.05, 0.1) is 0 Å². The monoisotopic (exact) mass is 404 g/mol. The van der Waals surface area contributed by atoms with Gasteiger partial charge in [-0.15, -0.1) is 0 Å². The fourth-order valence-electron chi connectivity index (χ4n) is 1.89. The van der Waals surface area contributed by atoms with Crippen LogP contribution in [0.5, 0.6) is 5.75 Å². The summed E-state index contributed by atoms with van der Waals surface area (Å²) in [5, 5.41) is 0. The van der Waals surface area contributed by atoms with E-state index in [4.69, 9.17) is 0 Å². The van der Waals surface area contributed by atoms with E-state index >= 15 is 0 Å². The second-order valence-corrected chi connectivity index (χ2v) is 6.45. The predicted octanol–water partition coefficient (Wildman–Crippen LogP) is 5.80. The molecule has 0 heterocycles. The lowest BCUT2D eigenvalue weighted by atomic mass is 10.2. The van der Waals surface area contributed by atoms with Crippen molar-refractivity contribution in [2.45, 2.75) is 16.0 Å². The van der Waals surface area contributed by atoms with Gasteiger partial charge in [-0.2, -0.15) is 13.2 Å². The minimum absolute atomic E-state index is 0.261. The fourth-order valence-corrected chi connectivity index (χ4v) is 2.75. The van der Waals surface area contributed by atoms with E-state index in [1.807, 2.05) is 12.1 Å². The van der Waals surface area contributed by atoms with Crippen molar-refractivity contribution < 1.29 is 27.5 Å². The molecular formula is C21H15F3O3S. The van der Waals surface area contributed by atoms with E-state index < -0.39 is 12.1 Å². The summed E-state index contributed by atoms with van der Waals surface area (Å²) in [5.74, 6) is -2.55. The minimum atomic E-state index is -5.02. The molecule has 0 aliphatic carbocycles. The number of alkyl halides is 3. The Hall–Kier alpha value is -3.06. The molecule has 144 valence electrons. The van der Waals surface area contributed by atoms with Crippen molar-refractivity contribution in [1.29, 1.82) is 0 Å². The van der Waals surface area contributed by atoms with Gasteiger partial charge in [0.15, 0.2) is 0 Å². The van der Waals surface area contributed by atoms with Crippen molar-refractivity contribution in [3.63, 3.8) is 0 Å². The SMILES string of the molecule is O=Cc1ccc(OC(=O)C(F)(F)F)cc1.c1ccc(Sc2ccccc2)cc1. The molecule has 0 spiro atoms. The first-order valence-corrected chi connectivity index (χ1v) is 8.82. The summed E-state index contributed by atoms with van der Waals surface area (Å²) in [7, 11) is 0. The van der Waals surface area contributed by atoms with Crippen molar-refractivity contribution in [3.05, 3.63) is 90.5 Å². The highest BCUT2D eigenvalue weighted by atomic mass is 32.2. The second kappa shape index (κ2) is 10.3. The third kappa shape index (κ3) is 7.28. The van der Waals surface area contributed by atoms with Gasteiger partial charge in [0, 0.05) is 15.4 Å². The molecule has 0 bridgehead atoms. The van der Waals surface area contributed by atoms with Gasteiger partial charge in [-0.25, -0.2) is 4.79 Å². The Bertz CT molecular complexity index is 843. The van der Waals surface area contributed by atoms with E-state index in [2.05, 4.69) is 53.3 Å². The van der Waals surface area contributed by atoms with Gasteiger partial charge >= 0.3 is 12.1 Å². The lowest BCUT2D eigenvalue weighted by Crippen LogP contribution is -2.27. The number of carbonyl (C=O) groups excluding carboxylic acids is 2. The Balaban J connectivity index is 0.000000202. The van der Waals surface area contributed by atoms with Crippen LogP contribution in [-0.4, -0.2) is 18.4 Å². The first-order chi connectivity index (χ1) is 13.4. The van der Waals surface area contributed by atoms with Crippen LogP contribution in [0.1, 0.15) is 10.4 Å². The zero-order chi connectivity index (χ0) is 20.4. The smallest absolute Gasteiger partial charge is 0.420 e. The molecule has 0 aliphatic heterocycles. The Morgan fingerprint density at radius 2 is 1.25 bits per heavy atom. The zero-order valence-corrected chi connectivity index (χ0v) is 15.2. The lowest BCUT2D eigenvalue weighted by Gasteiger charge is -2.06. The summed E-state index contributed by atoms with van der Waals surface area (Å²) in [5.41, 5.74) is 0.279. The Morgan fingerprint density at radius 3 is 1.64 bits per heavy atom. The number of benzene rings is 3. The van der Waals surface area contributed by atoms with E-state index in [0.717, 1.165) is 12.1 Å². The number of carbonyl (C=O) groups is 2. The van der Waals surface area contributed by atoms with Crippen LogP contribution >= 0.6 is 11.8 Å². The molecule has 3 aromatic carbocycles. The minimum Gasteiger partial charge on any atom is -0.420 e. The van der Waals surface area contributed by atoms with Gasteiger partial charge in [-0.1, -0.05) is 48.2 Å². The quantitative estimate of drug-likeness (QED) is 0.313. The van der Waals surface area contributed by atoms with Crippen LogP contribution in [0.2, 0.25) is 0 Å². The summed E-state index contributed by atoms with van der Waals surface area (Å²) in [4.78, 5) is 23.2. The molecule has 0 amide bonds. The second-order valence-electron chi connectivity index (χ2n) is 5.30. The highest BCUT2D eigenvalue weighted by Crippen LogP contribution is 2.26. The summed E-state index contributed by atoms with van der Waals surface area (Å²) in [6.07, 6.45) is -4.50. The molecule has 3 rings (SSSR count). The predicted molar refractivity (Wildman–Crippen MR) is 101 cm³/mol. The molecule has 0 N–H and O–H groups in total. The van der Waals surface area contributed by atoms with Crippen molar-refractivity contribution in [1.82, 2.24) is 0 Å². The highest BCUT2D eigenvalue weighted by molar-refractivity contribution is 7.99. The third-order valence-corrected chi connectivity index (χ3v) is 4.20. The molecule has 0 atom stereocenters. The average molecular weight is 404 g/mol. The Morgan fingerprint density at radius 1 is 0.786 bits per heavy atom. The first kappa shape index (κ1) is 21.2. The summed E-state index contributed by atoms with van der Waals surface area (Å²) >= 11 is 1.79. The largest absolute Gasteiger partial charge is 0.491 e. The molecule has 0 radical (unpaired) electrons. The maximum Gasteiger partial charge on any atom is 0.491 e. The Kier molecular flexibility index (Phi) is 7.83. The molecule has 3 aromatic rings. The van der Waals surface area contributed by atoms with Gasteiger partial charge in [0.1, 0.15) is 12.0 Å². The number of hydrogen-bond donors (Lipinski definition) is 0. The number of rotatable bonds is 4. The van der Waals surface area contributed by atoms with Crippen LogP contribution < -0.4 is 4.74 Å². The topological polar surface area (TPSA) is 43.4 Å². The normalized spacial score (nSPS) is 10.4. The van der Waals surface area contributed by atoms with Gasteiger partial charge in [-0.05, 0) is 48.5 Å². The van der Waals surface area contributed by atoms with E-state index in [9.17, 15) is 22.8 Å². The van der Waals surface area contributed by atoms with Gasteiger partial charge in [-0.3, -0.25) is 4.79 Å². The van der Waals surface area contributed by atoms with Crippen LogP contribution in [0.25, 0.3) is 0 Å². The number of hydrogen-bond acceptors (Lipinski definition) is 4. The van der Waals surface area contributed by atoms with E-state index in [1.54, 1.807) is 11.8 Å². The molecular weight excluding hydrogens is 389 g/mol.